The number of rotatable bonds is 12. The number of halogens is 1. The fraction of sp³-hybridized carbons (Fsp3) is 0.737. The zero-order chi connectivity index (χ0) is 18.7. The van der Waals surface area contributed by atoms with Gasteiger partial charge in [0.2, 0.25) is 0 Å². The van der Waals surface area contributed by atoms with Crippen LogP contribution >= 0.6 is 11.6 Å². The molecule has 1 fully saturated rings. The van der Waals surface area contributed by atoms with E-state index in [-0.39, 0.29) is 18.3 Å². The van der Waals surface area contributed by atoms with Crippen molar-refractivity contribution in [3.63, 3.8) is 0 Å². The quantitative estimate of drug-likeness (QED) is 0.239. The Balaban J connectivity index is 2.44. The number of carbonyl (C=O) groups is 1. The highest BCUT2D eigenvalue weighted by molar-refractivity contribution is 6.17. The highest BCUT2D eigenvalue weighted by Crippen LogP contribution is 2.36. The SMILES string of the molecule is O=C(O)CCC/C=C\C[C@@H]1[C@@H](/C=C/CC(O)CCCCl)[C@H](O)C[C@H]1O. The van der Waals surface area contributed by atoms with Crippen LogP contribution in [0.3, 0.4) is 0 Å². The number of alkyl halides is 1. The number of carboxylic acid groups (broad SMARTS) is 1. The maximum atomic E-state index is 10.5. The number of aliphatic carboxylic acids is 1. The first-order valence-corrected chi connectivity index (χ1v) is 9.62. The fourth-order valence-electron chi connectivity index (χ4n) is 3.27. The molecule has 144 valence electrons. The predicted octanol–water partition coefficient (Wildman–Crippen LogP) is 2.87. The lowest BCUT2D eigenvalue weighted by atomic mass is 9.89. The molecule has 5 nitrogen and oxygen atoms in total. The minimum Gasteiger partial charge on any atom is -0.481 e. The Morgan fingerprint density at radius 1 is 1.16 bits per heavy atom. The topological polar surface area (TPSA) is 98.0 Å². The molecule has 1 saturated carbocycles. The Morgan fingerprint density at radius 3 is 2.60 bits per heavy atom. The molecule has 1 aliphatic carbocycles. The van der Waals surface area contributed by atoms with Crippen LogP contribution in [-0.4, -0.2) is 50.6 Å². The third-order valence-electron chi connectivity index (χ3n) is 4.69. The van der Waals surface area contributed by atoms with Crippen LogP contribution in [0.15, 0.2) is 24.3 Å². The van der Waals surface area contributed by atoms with Crippen LogP contribution < -0.4 is 0 Å². The van der Waals surface area contributed by atoms with E-state index in [1.807, 2.05) is 24.3 Å². The molecule has 0 aromatic heterocycles. The minimum absolute atomic E-state index is 0.0537. The summed E-state index contributed by atoms with van der Waals surface area (Å²) in [4.78, 5) is 10.5. The Labute approximate surface area is 155 Å². The van der Waals surface area contributed by atoms with Gasteiger partial charge in [0.15, 0.2) is 0 Å². The summed E-state index contributed by atoms with van der Waals surface area (Å²) in [6.07, 6.45) is 10.6. The van der Waals surface area contributed by atoms with E-state index in [9.17, 15) is 20.1 Å². The lowest BCUT2D eigenvalue weighted by Crippen LogP contribution is -2.20. The van der Waals surface area contributed by atoms with Gasteiger partial charge in [0.05, 0.1) is 18.3 Å². The third kappa shape index (κ3) is 8.86. The highest BCUT2D eigenvalue weighted by Gasteiger charge is 2.39. The van der Waals surface area contributed by atoms with Crippen molar-refractivity contribution in [2.75, 3.05) is 5.88 Å². The standard InChI is InChI=1S/C19H31ClO5/c20-12-6-8-14(21)7-5-10-16-15(17(22)13-18(16)23)9-3-1-2-4-11-19(24)25/h1,3,5,10,14-18,21-23H,2,4,6-9,11-13H2,(H,24,25)/b3-1-,10-5+/t14?,15-,16-,17-,18-/m1/s1. The molecule has 0 amide bonds. The second-order valence-corrected chi connectivity index (χ2v) is 7.13. The average molecular weight is 375 g/mol. The van der Waals surface area contributed by atoms with Crippen LogP contribution in [0.1, 0.15) is 51.4 Å². The smallest absolute Gasteiger partial charge is 0.303 e. The van der Waals surface area contributed by atoms with E-state index < -0.39 is 24.3 Å². The average Bonchev–Trinajstić information content (AvgIpc) is 2.82. The third-order valence-corrected chi connectivity index (χ3v) is 4.96. The number of carboxylic acids is 1. The van der Waals surface area contributed by atoms with E-state index in [0.717, 1.165) is 6.42 Å². The normalized spacial score (nSPS) is 28.2. The van der Waals surface area contributed by atoms with Gasteiger partial charge in [0, 0.05) is 24.6 Å². The zero-order valence-corrected chi connectivity index (χ0v) is 15.4. The first-order chi connectivity index (χ1) is 12.0. The number of aliphatic hydroxyl groups excluding tert-OH is 3. The summed E-state index contributed by atoms with van der Waals surface area (Å²) in [5.41, 5.74) is 0. The molecule has 0 heterocycles. The van der Waals surface area contributed by atoms with E-state index in [4.69, 9.17) is 16.7 Å². The van der Waals surface area contributed by atoms with Gasteiger partial charge in [-0.15, -0.1) is 11.6 Å². The van der Waals surface area contributed by atoms with Gasteiger partial charge in [-0.2, -0.15) is 0 Å². The summed E-state index contributed by atoms with van der Waals surface area (Å²) in [7, 11) is 0. The molecule has 0 aromatic carbocycles. The van der Waals surface area contributed by atoms with Gasteiger partial charge in [-0.1, -0.05) is 24.3 Å². The Hall–Kier alpha value is -0.880. The summed E-state index contributed by atoms with van der Waals surface area (Å²) in [6.45, 7) is 0. The second-order valence-electron chi connectivity index (χ2n) is 6.75. The minimum atomic E-state index is -0.791. The van der Waals surface area contributed by atoms with Crippen LogP contribution in [0, 0.1) is 11.8 Å². The molecule has 0 radical (unpaired) electrons. The fourth-order valence-corrected chi connectivity index (χ4v) is 3.43. The Bertz CT molecular complexity index is 438. The maximum Gasteiger partial charge on any atom is 0.303 e. The van der Waals surface area contributed by atoms with Gasteiger partial charge < -0.3 is 20.4 Å². The van der Waals surface area contributed by atoms with Crippen LogP contribution in [0.5, 0.6) is 0 Å². The van der Waals surface area contributed by atoms with E-state index >= 15 is 0 Å². The Morgan fingerprint density at radius 2 is 1.92 bits per heavy atom. The number of unbranched alkanes of at least 4 members (excludes halogenated alkanes) is 1. The van der Waals surface area contributed by atoms with Crippen molar-refractivity contribution in [3.05, 3.63) is 24.3 Å². The molecular weight excluding hydrogens is 344 g/mol. The van der Waals surface area contributed by atoms with Crippen molar-refractivity contribution in [2.24, 2.45) is 11.8 Å². The first kappa shape index (κ1) is 22.2. The van der Waals surface area contributed by atoms with Gasteiger partial charge in [0.25, 0.3) is 0 Å². The van der Waals surface area contributed by atoms with Gasteiger partial charge in [-0.25, -0.2) is 0 Å². The van der Waals surface area contributed by atoms with Crippen molar-refractivity contribution >= 4 is 17.6 Å². The van der Waals surface area contributed by atoms with Crippen LogP contribution in [-0.2, 0) is 4.79 Å². The number of hydrogen-bond donors (Lipinski definition) is 4. The molecule has 4 N–H and O–H groups in total. The van der Waals surface area contributed by atoms with Crippen molar-refractivity contribution in [2.45, 2.75) is 69.7 Å². The van der Waals surface area contributed by atoms with Crippen molar-refractivity contribution in [1.82, 2.24) is 0 Å². The van der Waals surface area contributed by atoms with Gasteiger partial charge >= 0.3 is 5.97 Å². The summed E-state index contributed by atoms with van der Waals surface area (Å²) in [5, 5.41) is 38.7. The monoisotopic (exact) mass is 374 g/mol. The highest BCUT2D eigenvalue weighted by atomic mass is 35.5. The summed E-state index contributed by atoms with van der Waals surface area (Å²) in [6, 6.07) is 0. The van der Waals surface area contributed by atoms with E-state index in [2.05, 4.69) is 0 Å². The number of hydrogen-bond acceptors (Lipinski definition) is 4. The van der Waals surface area contributed by atoms with Crippen molar-refractivity contribution in [3.8, 4) is 0 Å². The molecule has 5 atom stereocenters. The molecule has 0 saturated heterocycles. The molecule has 0 bridgehead atoms. The number of allylic oxidation sites excluding steroid dienone is 2. The maximum absolute atomic E-state index is 10.5. The lowest BCUT2D eigenvalue weighted by molar-refractivity contribution is -0.137. The van der Waals surface area contributed by atoms with Gasteiger partial charge in [0.1, 0.15) is 0 Å². The zero-order valence-electron chi connectivity index (χ0n) is 14.6. The van der Waals surface area contributed by atoms with Crippen molar-refractivity contribution < 1.29 is 25.2 Å². The summed E-state index contributed by atoms with van der Waals surface area (Å²) >= 11 is 5.61. The molecule has 6 heteroatoms. The molecule has 25 heavy (non-hydrogen) atoms. The molecule has 1 aliphatic rings. The summed E-state index contributed by atoms with van der Waals surface area (Å²) < 4.78 is 0. The second kappa shape index (κ2) is 12.5. The molecule has 0 aliphatic heterocycles. The molecule has 1 rings (SSSR count). The van der Waals surface area contributed by atoms with Crippen LogP contribution in [0.2, 0.25) is 0 Å². The van der Waals surface area contributed by atoms with E-state index in [1.165, 1.54) is 0 Å². The largest absolute Gasteiger partial charge is 0.481 e. The van der Waals surface area contributed by atoms with E-state index in [0.29, 0.717) is 44.4 Å². The van der Waals surface area contributed by atoms with Crippen molar-refractivity contribution in [1.29, 1.82) is 0 Å². The predicted molar refractivity (Wildman–Crippen MR) is 98.6 cm³/mol. The molecule has 1 unspecified atom stereocenters. The number of aliphatic hydroxyl groups is 3. The molecule has 0 spiro atoms. The van der Waals surface area contributed by atoms with Crippen LogP contribution in [0.25, 0.3) is 0 Å². The van der Waals surface area contributed by atoms with Crippen LogP contribution in [0.4, 0.5) is 0 Å². The van der Waals surface area contributed by atoms with Gasteiger partial charge in [-0.3, -0.25) is 4.79 Å². The molecular formula is C19H31ClO5. The molecule has 0 aromatic rings. The Kier molecular flexibility index (Phi) is 11.1. The van der Waals surface area contributed by atoms with E-state index in [1.54, 1.807) is 0 Å². The first-order valence-electron chi connectivity index (χ1n) is 9.09. The van der Waals surface area contributed by atoms with Gasteiger partial charge in [-0.05, 0) is 44.4 Å². The lowest BCUT2D eigenvalue weighted by Gasteiger charge is -2.19. The summed E-state index contributed by atoms with van der Waals surface area (Å²) in [5.74, 6) is -0.433.